The van der Waals surface area contributed by atoms with Crippen molar-refractivity contribution >= 4 is 34.0 Å². The third kappa shape index (κ3) is 3.46. The molecule has 0 saturated carbocycles. The molecule has 0 N–H and O–H groups in total. The van der Waals surface area contributed by atoms with Crippen LogP contribution >= 0.6 is 27.7 Å². The molecule has 14 heavy (non-hydrogen) atoms. The predicted molar refractivity (Wildman–Crippen MR) is 65.1 cm³/mol. The van der Waals surface area contributed by atoms with Gasteiger partial charge in [0.2, 0.25) is 0 Å². The average Bonchev–Trinajstić information content (AvgIpc) is 2.01. The van der Waals surface area contributed by atoms with E-state index < -0.39 is 0 Å². The number of benzene rings is 1. The molecule has 1 nitrogen and oxygen atoms in total. The van der Waals surface area contributed by atoms with Gasteiger partial charge in [0, 0.05) is 19.7 Å². The molecular formula is C11H13BrOS. The highest BCUT2D eigenvalue weighted by Crippen LogP contribution is 2.33. The molecule has 1 rings (SSSR count). The van der Waals surface area contributed by atoms with Gasteiger partial charge in [0.05, 0.1) is 0 Å². The maximum absolute atomic E-state index is 10.6. The minimum Gasteiger partial charge on any atom is -0.298 e. The Morgan fingerprint density at radius 1 is 1.36 bits per heavy atom. The van der Waals surface area contributed by atoms with Crippen molar-refractivity contribution in [2.75, 3.05) is 0 Å². The van der Waals surface area contributed by atoms with Crippen molar-refractivity contribution in [2.45, 2.75) is 30.4 Å². The van der Waals surface area contributed by atoms with E-state index in [0.29, 0.717) is 5.56 Å². The highest BCUT2D eigenvalue weighted by molar-refractivity contribution is 9.10. The first-order valence-corrected chi connectivity index (χ1v) is 5.97. The Morgan fingerprint density at radius 2 is 2.00 bits per heavy atom. The lowest BCUT2D eigenvalue weighted by Gasteiger charge is -2.17. The van der Waals surface area contributed by atoms with Crippen LogP contribution < -0.4 is 0 Å². The Kier molecular flexibility index (Phi) is 3.78. The van der Waals surface area contributed by atoms with Crippen molar-refractivity contribution < 1.29 is 4.79 Å². The van der Waals surface area contributed by atoms with Crippen LogP contribution in [-0.4, -0.2) is 11.0 Å². The number of hydrogen-bond donors (Lipinski definition) is 0. The van der Waals surface area contributed by atoms with Gasteiger partial charge in [0.25, 0.3) is 0 Å². The fraction of sp³-hybridized carbons (Fsp3) is 0.364. The normalized spacial score (nSPS) is 11.4. The molecule has 1 aromatic carbocycles. The van der Waals surface area contributed by atoms with Crippen LogP contribution in [0.2, 0.25) is 0 Å². The summed E-state index contributed by atoms with van der Waals surface area (Å²) in [4.78, 5) is 11.8. The molecule has 0 aliphatic heterocycles. The fourth-order valence-corrected chi connectivity index (χ4v) is 2.66. The largest absolute Gasteiger partial charge is 0.298 e. The van der Waals surface area contributed by atoms with Gasteiger partial charge >= 0.3 is 0 Å². The van der Waals surface area contributed by atoms with Crippen molar-refractivity contribution in [3.63, 3.8) is 0 Å². The van der Waals surface area contributed by atoms with Crippen LogP contribution in [0.1, 0.15) is 31.1 Å². The first-order valence-electron chi connectivity index (χ1n) is 4.36. The molecular weight excluding hydrogens is 260 g/mol. The van der Waals surface area contributed by atoms with Crippen molar-refractivity contribution in [3.05, 3.63) is 28.2 Å². The van der Waals surface area contributed by atoms with Gasteiger partial charge in [-0.25, -0.2) is 0 Å². The van der Waals surface area contributed by atoms with Gasteiger partial charge < -0.3 is 0 Å². The Hall–Kier alpha value is -0.280. The summed E-state index contributed by atoms with van der Waals surface area (Å²) in [6.07, 6.45) is 0.857. The lowest BCUT2D eigenvalue weighted by molar-refractivity contribution is 0.112. The van der Waals surface area contributed by atoms with Crippen molar-refractivity contribution in [2.24, 2.45) is 0 Å². The molecule has 0 radical (unpaired) electrons. The van der Waals surface area contributed by atoms with E-state index in [1.54, 1.807) is 11.8 Å². The van der Waals surface area contributed by atoms with Gasteiger partial charge in [-0.2, -0.15) is 0 Å². The summed E-state index contributed by atoms with van der Waals surface area (Å²) in [6, 6.07) is 5.80. The third-order valence-electron chi connectivity index (χ3n) is 1.52. The second-order valence-electron chi connectivity index (χ2n) is 4.02. The van der Waals surface area contributed by atoms with E-state index in [4.69, 9.17) is 0 Å². The molecule has 0 fully saturated rings. The summed E-state index contributed by atoms with van der Waals surface area (Å²) in [5, 5.41) is 0. The summed E-state index contributed by atoms with van der Waals surface area (Å²) in [5.74, 6) is 0. The molecule has 0 aliphatic rings. The second kappa shape index (κ2) is 4.49. The Labute approximate surface area is 97.4 Å². The smallest absolute Gasteiger partial charge is 0.151 e. The number of carbonyl (C=O) groups is 1. The zero-order valence-electron chi connectivity index (χ0n) is 8.50. The van der Waals surface area contributed by atoms with Crippen LogP contribution in [0, 0.1) is 0 Å². The number of rotatable bonds is 2. The van der Waals surface area contributed by atoms with Crippen LogP contribution in [0.25, 0.3) is 0 Å². The van der Waals surface area contributed by atoms with Gasteiger partial charge in [0.1, 0.15) is 0 Å². The minimum absolute atomic E-state index is 0.197. The van der Waals surface area contributed by atoms with Crippen molar-refractivity contribution in [3.8, 4) is 0 Å². The molecule has 0 aromatic heterocycles. The zero-order valence-corrected chi connectivity index (χ0v) is 10.9. The predicted octanol–water partition coefficient (Wildman–Crippen LogP) is 4.15. The van der Waals surface area contributed by atoms with Crippen molar-refractivity contribution in [1.29, 1.82) is 0 Å². The number of aldehydes is 1. The summed E-state index contributed by atoms with van der Waals surface area (Å²) in [7, 11) is 0. The highest BCUT2D eigenvalue weighted by atomic mass is 79.9. The molecule has 0 heterocycles. The first-order chi connectivity index (χ1) is 6.42. The van der Waals surface area contributed by atoms with Crippen LogP contribution in [0.15, 0.2) is 27.6 Å². The van der Waals surface area contributed by atoms with Crippen LogP contribution in [0.3, 0.4) is 0 Å². The zero-order chi connectivity index (χ0) is 10.8. The van der Waals surface area contributed by atoms with Crippen LogP contribution in [-0.2, 0) is 0 Å². The molecule has 0 atom stereocenters. The maximum atomic E-state index is 10.6. The fourth-order valence-electron chi connectivity index (χ4n) is 1.02. The average molecular weight is 273 g/mol. The lowest BCUT2D eigenvalue weighted by atomic mass is 10.2. The van der Waals surface area contributed by atoms with Crippen LogP contribution in [0.5, 0.6) is 0 Å². The first kappa shape index (κ1) is 11.8. The summed E-state index contributed by atoms with van der Waals surface area (Å²) >= 11 is 5.16. The van der Waals surface area contributed by atoms with E-state index in [-0.39, 0.29) is 4.75 Å². The van der Waals surface area contributed by atoms with E-state index in [1.165, 1.54) is 4.90 Å². The number of carbonyl (C=O) groups excluding carboxylic acids is 1. The molecule has 76 valence electrons. The Morgan fingerprint density at radius 3 is 2.43 bits per heavy atom. The molecule has 0 spiro atoms. The summed E-state index contributed by atoms with van der Waals surface area (Å²) < 4.78 is 1.06. The quantitative estimate of drug-likeness (QED) is 0.594. The number of thioether (sulfide) groups is 1. The van der Waals surface area contributed by atoms with Gasteiger partial charge in [0.15, 0.2) is 6.29 Å². The second-order valence-corrected chi connectivity index (χ2v) is 6.77. The highest BCUT2D eigenvalue weighted by Gasteiger charge is 2.12. The van der Waals surface area contributed by atoms with E-state index in [9.17, 15) is 4.79 Å². The van der Waals surface area contributed by atoms with E-state index in [0.717, 1.165) is 10.8 Å². The topological polar surface area (TPSA) is 17.1 Å². The van der Waals surface area contributed by atoms with E-state index in [2.05, 4.69) is 36.7 Å². The SMILES string of the molecule is CC(C)(C)Sc1ccc(C=O)c(Br)c1. The summed E-state index contributed by atoms with van der Waals surface area (Å²) in [6.45, 7) is 6.50. The monoisotopic (exact) mass is 272 g/mol. The Bertz CT molecular complexity index is 342. The number of halogens is 1. The molecule has 0 saturated heterocycles. The molecule has 0 unspecified atom stereocenters. The van der Waals surface area contributed by atoms with Gasteiger partial charge in [-0.15, -0.1) is 11.8 Å². The summed E-state index contributed by atoms with van der Waals surface area (Å²) in [5.41, 5.74) is 0.697. The molecule has 0 bridgehead atoms. The molecule has 0 amide bonds. The van der Waals surface area contributed by atoms with Gasteiger partial charge in [-0.05, 0) is 18.2 Å². The minimum atomic E-state index is 0.197. The lowest BCUT2D eigenvalue weighted by Crippen LogP contribution is -2.06. The molecule has 0 aliphatic carbocycles. The van der Waals surface area contributed by atoms with Crippen molar-refractivity contribution in [1.82, 2.24) is 0 Å². The van der Waals surface area contributed by atoms with Crippen LogP contribution in [0.4, 0.5) is 0 Å². The van der Waals surface area contributed by atoms with Gasteiger partial charge in [-0.3, -0.25) is 4.79 Å². The van der Waals surface area contributed by atoms with E-state index in [1.807, 2.05) is 18.2 Å². The molecule has 1 aromatic rings. The van der Waals surface area contributed by atoms with Gasteiger partial charge in [-0.1, -0.05) is 36.7 Å². The number of hydrogen-bond acceptors (Lipinski definition) is 2. The maximum Gasteiger partial charge on any atom is 0.151 e. The Balaban J connectivity index is 2.92. The van der Waals surface area contributed by atoms with E-state index >= 15 is 0 Å². The third-order valence-corrected chi connectivity index (χ3v) is 3.31. The molecule has 3 heteroatoms. The standard InChI is InChI=1S/C11H13BrOS/c1-11(2,3)14-9-5-4-8(7-13)10(12)6-9/h4-7H,1-3H3.